The molecule has 2 heterocycles. The molecule has 0 aromatic carbocycles. The lowest BCUT2D eigenvalue weighted by atomic mass is 9.91. The molecular weight excluding hydrogens is 298 g/mol. The first-order valence-electron chi connectivity index (χ1n) is 6.68. The smallest absolute Gasteiger partial charge is 0.334 e. The molecule has 7 nitrogen and oxygen atoms in total. The molecule has 1 unspecified atom stereocenters. The van der Waals surface area contributed by atoms with E-state index in [1.54, 1.807) is 6.20 Å². The van der Waals surface area contributed by atoms with E-state index in [0.717, 1.165) is 0 Å². The number of aromatic nitrogens is 2. The summed E-state index contributed by atoms with van der Waals surface area (Å²) in [6.07, 6.45) is 1.68. The van der Waals surface area contributed by atoms with Gasteiger partial charge >= 0.3 is 5.97 Å². The van der Waals surface area contributed by atoms with Crippen molar-refractivity contribution in [3.63, 3.8) is 0 Å². The number of esters is 1. The molecule has 1 fully saturated rings. The van der Waals surface area contributed by atoms with Crippen molar-refractivity contribution in [2.45, 2.75) is 18.9 Å². The average molecular weight is 316 g/mol. The highest BCUT2D eigenvalue weighted by Gasteiger charge is 2.31. The summed E-state index contributed by atoms with van der Waals surface area (Å²) in [7, 11) is 2.79. The fourth-order valence-corrected chi connectivity index (χ4v) is 2.78. The molecule has 0 bridgehead atoms. The molecular formula is C13H18ClN3O4. The van der Waals surface area contributed by atoms with Crippen molar-refractivity contribution in [2.75, 3.05) is 25.1 Å². The molecule has 0 spiro atoms. The Morgan fingerprint density at radius 3 is 2.71 bits per heavy atom. The molecule has 1 aliphatic rings. The number of hydrogen-bond donors (Lipinski definition) is 1. The summed E-state index contributed by atoms with van der Waals surface area (Å²) in [5.41, 5.74) is 0.247. The van der Waals surface area contributed by atoms with Crippen LogP contribution in [0, 0.1) is 5.92 Å². The maximum absolute atomic E-state index is 11.8. The van der Waals surface area contributed by atoms with Crippen molar-refractivity contribution in [1.29, 1.82) is 0 Å². The van der Waals surface area contributed by atoms with E-state index in [4.69, 9.17) is 11.6 Å². The van der Waals surface area contributed by atoms with Gasteiger partial charge in [-0.1, -0.05) is 11.6 Å². The number of ether oxygens (including phenoxy) is 1. The van der Waals surface area contributed by atoms with Crippen LogP contribution >= 0.6 is 11.6 Å². The normalized spacial score (nSPS) is 17.6. The van der Waals surface area contributed by atoms with E-state index >= 15 is 0 Å². The Labute approximate surface area is 127 Å². The van der Waals surface area contributed by atoms with E-state index in [0.29, 0.717) is 31.6 Å². The van der Waals surface area contributed by atoms with Gasteiger partial charge in [0.2, 0.25) is 0 Å². The van der Waals surface area contributed by atoms with Crippen LogP contribution in [0.4, 0.5) is 5.69 Å². The van der Waals surface area contributed by atoms with Gasteiger partial charge in [-0.25, -0.2) is 9.48 Å². The quantitative estimate of drug-likeness (QED) is 0.801. The van der Waals surface area contributed by atoms with Crippen LogP contribution < -0.4 is 10.5 Å². The maximum atomic E-state index is 11.8. The van der Waals surface area contributed by atoms with Gasteiger partial charge in [-0.2, -0.15) is 5.10 Å². The van der Waals surface area contributed by atoms with E-state index in [1.807, 2.05) is 4.90 Å². The predicted octanol–water partition coefficient (Wildman–Crippen LogP) is 0.184. The van der Waals surface area contributed by atoms with E-state index in [9.17, 15) is 14.7 Å². The number of aliphatic hydroxyl groups excluding tert-OH is 1. The molecule has 1 saturated heterocycles. The topological polar surface area (TPSA) is 84.7 Å². The Bertz CT molecular complexity index is 581. The van der Waals surface area contributed by atoms with Gasteiger partial charge in [-0.15, -0.1) is 0 Å². The van der Waals surface area contributed by atoms with Crippen molar-refractivity contribution in [3.8, 4) is 0 Å². The van der Waals surface area contributed by atoms with Crippen molar-refractivity contribution in [2.24, 2.45) is 13.0 Å². The first-order valence-corrected chi connectivity index (χ1v) is 7.06. The summed E-state index contributed by atoms with van der Waals surface area (Å²) in [5, 5.41) is 14.0. The molecule has 0 amide bonds. The summed E-state index contributed by atoms with van der Waals surface area (Å²) in [6.45, 7) is 1.18. The van der Waals surface area contributed by atoms with Crippen LogP contribution in [0.25, 0.3) is 0 Å². The highest BCUT2D eigenvalue weighted by atomic mass is 35.5. The summed E-state index contributed by atoms with van der Waals surface area (Å²) in [5.74, 6) is -0.756. The highest BCUT2D eigenvalue weighted by molar-refractivity contribution is 6.33. The summed E-state index contributed by atoms with van der Waals surface area (Å²) in [6, 6.07) is 0. The lowest BCUT2D eigenvalue weighted by Gasteiger charge is -2.34. The minimum Gasteiger partial charge on any atom is -0.467 e. The predicted molar refractivity (Wildman–Crippen MR) is 77.4 cm³/mol. The second-order valence-corrected chi connectivity index (χ2v) is 5.44. The number of nitrogens with zero attached hydrogens (tertiary/aromatic N) is 3. The van der Waals surface area contributed by atoms with Gasteiger partial charge in [-0.05, 0) is 18.8 Å². The number of hydrogen-bond acceptors (Lipinski definition) is 6. The molecule has 1 aromatic rings. The van der Waals surface area contributed by atoms with Crippen molar-refractivity contribution < 1.29 is 14.6 Å². The first-order chi connectivity index (χ1) is 9.95. The van der Waals surface area contributed by atoms with Crippen molar-refractivity contribution >= 4 is 23.3 Å². The fourth-order valence-electron chi connectivity index (χ4n) is 2.49. The Morgan fingerprint density at radius 1 is 1.52 bits per heavy atom. The second kappa shape index (κ2) is 6.44. The lowest BCUT2D eigenvalue weighted by Crippen LogP contribution is -2.41. The monoisotopic (exact) mass is 315 g/mol. The number of piperidine rings is 1. The van der Waals surface area contributed by atoms with Crippen LogP contribution in [-0.4, -0.2) is 47.2 Å². The molecule has 1 atom stereocenters. The molecule has 0 radical (unpaired) electrons. The van der Waals surface area contributed by atoms with Gasteiger partial charge in [0.15, 0.2) is 6.10 Å². The van der Waals surface area contributed by atoms with E-state index in [1.165, 1.54) is 18.8 Å². The number of carbonyl (C=O) groups is 1. The SMILES string of the molecule is COC(=O)C(O)C1CCN(c2cnn(C)c(=O)c2Cl)CC1. The van der Waals surface area contributed by atoms with Crippen LogP contribution in [0.3, 0.4) is 0 Å². The van der Waals surface area contributed by atoms with Crippen LogP contribution in [0.5, 0.6) is 0 Å². The Hall–Kier alpha value is -1.60. The number of carbonyl (C=O) groups excluding carboxylic acids is 1. The van der Waals surface area contributed by atoms with E-state index in [2.05, 4.69) is 9.84 Å². The lowest BCUT2D eigenvalue weighted by molar-refractivity contribution is -0.153. The molecule has 116 valence electrons. The van der Waals surface area contributed by atoms with Gasteiger partial charge in [0.1, 0.15) is 5.02 Å². The number of aliphatic hydroxyl groups is 1. The van der Waals surface area contributed by atoms with Crippen molar-refractivity contribution in [1.82, 2.24) is 9.78 Å². The van der Waals surface area contributed by atoms with E-state index < -0.39 is 12.1 Å². The molecule has 1 N–H and O–H groups in total. The van der Waals surface area contributed by atoms with E-state index in [-0.39, 0.29) is 16.5 Å². The number of methoxy groups -OCH3 is 1. The number of aryl methyl sites for hydroxylation is 1. The van der Waals surface area contributed by atoms with Gasteiger partial charge in [0, 0.05) is 20.1 Å². The Morgan fingerprint density at radius 2 is 2.14 bits per heavy atom. The Kier molecular flexibility index (Phi) is 4.84. The maximum Gasteiger partial charge on any atom is 0.334 e. The molecule has 1 aromatic heterocycles. The summed E-state index contributed by atoms with van der Waals surface area (Å²) >= 11 is 6.07. The average Bonchev–Trinajstić information content (AvgIpc) is 2.51. The number of halogens is 1. The van der Waals surface area contributed by atoms with Crippen molar-refractivity contribution in [3.05, 3.63) is 21.6 Å². The minimum atomic E-state index is -1.10. The zero-order chi connectivity index (χ0) is 15.6. The number of rotatable bonds is 3. The highest BCUT2D eigenvalue weighted by Crippen LogP contribution is 2.28. The zero-order valence-electron chi connectivity index (χ0n) is 12.0. The Balaban J connectivity index is 2.06. The molecule has 8 heteroatoms. The third-order valence-corrected chi connectivity index (χ3v) is 4.18. The zero-order valence-corrected chi connectivity index (χ0v) is 12.7. The molecule has 2 rings (SSSR count). The van der Waals surface area contributed by atoms with Crippen LogP contribution in [0.2, 0.25) is 5.02 Å². The minimum absolute atomic E-state index is 0.138. The van der Waals surface area contributed by atoms with Gasteiger partial charge in [0.05, 0.1) is 19.0 Å². The molecule has 21 heavy (non-hydrogen) atoms. The summed E-state index contributed by atoms with van der Waals surface area (Å²) in [4.78, 5) is 25.1. The van der Waals surface area contributed by atoms with Gasteiger partial charge in [-0.3, -0.25) is 4.79 Å². The largest absolute Gasteiger partial charge is 0.467 e. The third-order valence-electron chi connectivity index (χ3n) is 3.83. The molecule has 0 saturated carbocycles. The third kappa shape index (κ3) is 3.19. The second-order valence-electron chi connectivity index (χ2n) is 5.07. The van der Waals surface area contributed by atoms with Crippen LogP contribution in [0.1, 0.15) is 12.8 Å². The van der Waals surface area contributed by atoms with Gasteiger partial charge in [0.25, 0.3) is 5.56 Å². The molecule has 0 aliphatic carbocycles. The van der Waals surface area contributed by atoms with Gasteiger partial charge < -0.3 is 14.7 Å². The van der Waals surface area contributed by atoms with Crippen LogP contribution in [-0.2, 0) is 16.6 Å². The van der Waals surface area contributed by atoms with Crippen LogP contribution in [0.15, 0.2) is 11.0 Å². The number of anilines is 1. The fraction of sp³-hybridized carbons (Fsp3) is 0.615. The summed E-state index contributed by atoms with van der Waals surface area (Å²) < 4.78 is 5.73. The molecule has 1 aliphatic heterocycles. The standard InChI is InChI=1S/C13H18ClN3O4/c1-16-12(19)10(14)9(7-15-16)17-5-3-8(4-6-17)11(18)13(20)21-2/h7-8,11,18H,3-6H2,1-2H3. The first kappa shape index (κ1) is 15.8.